The van der Waals surface area contributed by atoms with Gasteiger partial charge < -0.3 is 9.84 Å². The van der Waals surface area contributed by atoms with E-state index in [1.165, 1.54) is 19.3 Å². The fourth-order valence-electron chi connectivity index (χ4n) is 8.38. The average Bonchev–Trinajstić information content (AvgIpc) is 2.93. The summed E-state index contributed by atoms with van der Waals surface area (Å²) in [6.07, 6.45) is 9.11. The first-order chi connectivity index (χ1) is 12.1. The van der Waals surface area contributed by atoms with Crippen molar-refractivity contribution in [2.75, 3.05) is 7.11 Å². The molecule has 4 fully saturated rings. The van der Waals surface area contributed by atoms with Crippen molar-refractivity contribution >= 4 is 5.78 Å². The van der Waals surface area contributed by atoms with Gasteiger partial charge in [-0.05, 0) is 94.3 Å². The number of methoxy groups -OCH3 is 1. The molecule has 4 rings (SSSR count). The Morgan fingerprint density at radius 2 is 1.77 bits per heavy atom. The zero-order valence-electron chi connectivity index (χ0n) is 17.4. The number of hydrogen-bond acceptors (Lipinski definition) is 3. The Morgan fingerprint density at radius 3 is 2.42 bits per heavy atom. The van der Waals surface area contributed by atoms with Gasteiger partial charge in [0.15, 0.2) is 0 Å². The zero-order chi connectivity index (χ0) is 18.9. The first-order valence-corrected chi connectivity index (χ1v) is 10.9. The second kappa shape index (κ2) is 6.04. The predicted molar refractivity (Wildman–Crippen MR) is 103 cm³/mol. The lowest BCUT2D eigenvalue weighted by Gasteiger charge is -2.63. The number of aliphatic hydroxyl groups is 1. The van der Waals surface area contributed by atoms with Gasteiger partial charge in [0.1, 0.15) is 5.78 Å². The second-order valence-electron chi connectivity index (χ2n) is 10.9. The summed E-state index contributed by atoms with van der Waals surface area (Å²) in [6, 6.07) is 0. The van der Waals surface area contributed by atoms with Gasteiger partial charge in [-0.1, -0.05) is 13.8 Å². The highest BCUT2D eigenvalue weighted by molar-refractivity contribution is 5.79. The molecule has 3 nitrogen and oxygen atoms in total. The van der Waals surface area contributed by atoms with Crippen LogP contribution in [0.3, 0.4) is 0 Å². The minimum atomic E-state index is -0.478. The van der Waals surface area contributed by atoms with Crippen LogP contribution in [0, 0.1) is 40.4 Å². The summed E-state index contributed by atoms with van der Waals surface area (Å²) < 4.78 is 6.10. The van der Waals surface area contributed by atoms with Crippen molar-refractivity contribution in [1.29, 1.82) is 0 Å². The second-order valence-corrected chi connectivity index (χ2v) is 10.9. The molecule has 4 aliphatic carbocycles. The van der Waals surface area contributed by atoms with Crippen LogP contribution in [0.15, 0.2) is 0 Å². The summed E-state index contributed by atoms with van der Waals surface area (Å²) >= 11 is 0. The minimum absolute atomic E-state index is 0.0190. The van der Waals surface area contributed by atoms with E-state index in [0.29, 0.717) is 29.0 Å². The van der Waals surface area contributed by atoms with Gasteiger partial charge in [-0.25, -0.2) is 0 Å². The van der Waals surface area contributed by atoms with Crippen LogP contribution in [-0.2, 0) is 9.53 Å². The number of ether oxygens (including phenoxy) is 1. The first kappa shape index (κ1) is 18.9. The molecule has 1 N–H and O–H groups in total. The van der Waals surface area contributed by atoms with Crippen molar-refractivity contribution in [3.63, 3.8) is 0 Å². The molecule has 0 aliphatic heterocycles. The number of rotatable bonds is 2. The highest BCUT2D eigenvalue weighted by Gasteiger charge is 2.64. The largest absolute Gasteiger partial charge is 0.390 e. The molecular formula is C23H38O3. The van der Waals surface area contributed by atoms with E-state index in [4.69, 9.17) is 4.74 Å². The van der Waals surface area contributed by atoms with E-state index in [1.807, 2.05) is 14.0 Å². The summed E-state index contributed by atoms with van der Waals surface area (Å²) in [5.41, 5.74) is -0.128. The fraction of sp³-hybridized carbons (Fsp3) is 0.957. The van der Waals surface area contributed by atoms with Gasteiger partial charge in [0.2, 0.25) is 0 Å². The molecule has 0 aromatic heterocycles. The third-order valence-electron chi connectivity index (χ3n) is 9.80. The maximum absolute atomic E-state index is 12.4. The van der Waals surface area contributed by atoms with Crippen LogP contribution in [0.25, 0.3) is 0 Å². The first-order valence-electron chi connectivity index (χ1n) is 10.9. The summed E-state index contributed by atoms with van der Waals surface area (Å²) in [5.74, 6) is 3.23. The van der Waals surface area contributed by atoms with E-state index in [9.17, 15) is 9.90 Å². The third-order valence-corrected chi connectivity index (χ3v) is 9.80. The van der Waals surface area contributed by atoms with Crippen LogP contribution in [0.1, 0.15) is 79.1 Å². The molecule has 0 heterocycles. The van der Waals surface area contributed by atoms with Crippen LogP contribution in [-0.4, -0.2) is 29.7 Å². The zero-order valence-corrected chi connectivity index (χ0v) is 17.4. The Morgan fingerprint density at radius 1 is 1.04 bits per heavy atom. The van der Waals surface area contributed by atoms with Crippen molar-refractivity contribution in [3.05, 3.63) is 0 Å². The van der Waals surface area contributed by atoms with Gasteiger partial charge in [0.25, 0.3) is 0 Å². The summed E-state index contributed by atoms with van der Waals surface area (Å²) in [5, 5.41) is 10.6. The van der Waals surface area contributed by atoms with Gasteiger partial charge in [-0.15, -0.1) is 0 Å². The van der Waals surface area contributed by atoms with E-state index in [2.05, 4.69) is 13.8 Å². The lowest BCUT2D eigenvalue weighted by atomic mass is 9.43. The highest BCUT2D eigenvalue weighted by atomic mass is 16.5. The molecule has 3 heteroatoms. The molecular weight excluding hydrogens is 324 g/mol. The molecule has 0 aromatic rings. The standard InChI is InChI=1S/C23H38O3/c1-14(24)17-8-9-18-16-7-6-15-13-21(2,25)10-11-22(15,3)19(16)12-20(26-5)23(17,18)4/h15-20,25H,6-13H2,1-5H3/t15-,16-,17?,18-,19-,20-,21+,22-,23+/m0/s1. The normalized spacial score (nSPS) is 56.4. The molecule has 148 valence electrons. The predicted octanol–water partition coefficient (Wildman–Crippen LogP) is 4.61. The number of Topliss-reactive ketones (excluding diaryl/α,β-unsaturated/α-hetero) is 1. The van der Waals surface area contributed by atoms with Crippen molar-refractivity contribution in [2.45, 2.75) is 90.8 Å². The Hall–Kier alpha value is -0.410. The summed E-state index contributed by atoms with van der Waals surface area (Å²) in [7, 11) is 1.86. The van der Waals surface area contributed by atoms with Crippen LogP contribution in [0.5, 0.6) is 0 Å². The van der Waals surface area contributed by atoms with E-state index in [1.54, 1.807) is 6.92 Å². The molecule has 0 aromatic carbocycles. The van der Waals surface area contributed by atoms with Gasteiger partial charge in [0.05, 0.1) is 11.7 Å². The van der Waals surface area contributed by atoms with Gasteiger partial charge in [-0.3, -0.25) is 4.79 Å². The van der Waals surface area contributed by atoms with Crippen LogP contribution in [0.4, 0.5) is 0 Å². The van der Waals surface area contributed by atoms with E-state index >= 15 is 0 Å². The van der Waals surface area contributed by atoms with Crippen LogP contribution >= 0.6 is 0 Å². The monoisotopic (exact) mass is 362 g/mol. The lowest BCUT2D eigenvalue weighted by molar-refractivity contribution is -0.188. The molecule has 9 atom stereocenters. The molecule has 26 heavy (non-hydrogen) atoms. The number of hydrogen-bond donors (Lipinski definition) is 1. The van der Waals surface area contributed by atoms with Crippen LogP contribution in [0.2, 0.25) is 0 Å². The van der Waals surface area contributed by atoms with E-state index in [0.717, 1.165) is 38.0 Å². The highest BCUT2D eigenvalue weighted by Crippen LogP contribution is 2.68. The average molecular weight is 363 g/mol. The number of carbonyl (C=O) groups is 1. The van der Waals surface area contributed by atoms with Gasteiger partial charge in [-0.2, -0.15) is 0 Å². The van der Waals surface area contributed by atoms with E-state index < -0.39 is 5.60 Å². The maximum Gasteiger partial charge on any atom is 0.133 e. The van der Waals surface area contributed by atoms with Gasteiger partial charge in [0, 0.05) is 18.4 Å². The molecule has 4 aliphatic rings. The molecule has 0 spiro atoms. The van der Waals surface area contributed by atoms with Crippen LogP contribution < -0.4 is 0 Å². The molecule has 0 amide bonds. The van der Waals surface area contributed by atoms with Gasteiger partial charge >= 0.3 is 0 Å². The lowest BCUT2D eigenvalue weighted by Crippen LogP contribution is -2.60. The molecule has 0 radical (unpaired) electrons. The molecule has 0 saturated heterocycles. The number of ketones is 1. The third kappa shape index (κ3) is 2.49. The molecule has 1 unspecified atom stereocenters. The smallest absolute Gasteiger partial charge is 0.133 e. The fourth-order valence-corrected chi connectivity index (χ4v) is 8.38. The Balaban J connectivity index is 1.68. The van der Waals surface area contributed by atoms with Crippen molar-refractivity contribution in [2.24, 2.45) is 40.4 Å². The van der Waals surface area contributed by atoms with Crippen molar-refractivity contribution in [1.82, 2.24) is 0 Å². The minimum Gasteiger partial charge on any atom is -0.390 e. The molecule has 0 bridgehead atoms. The molecule has 4 saturated carbocycles. The van der Waals surface area contributed by atoms with E-state index in [-0.39, 0.29) is 17.4 Å². The topological polar surface area (TPSA) is 46.5 Å². The van der Waals surface area contributed by atoms with Crippen molar-refractivity contribution in [3.8, 4) is 0 Å². The SMILES string of the molecule is CO[C@H]1C[C@H]2[C@@H](CC[C@H]3C[C@](C)(O)CC[C@@]32C)[C@@H]2CCC(C(C)=O)[C@@]12C. The Kier molecular flexibility index (Phi) is 4.40. The quantitative estimate of drug-likeness (QED) is 0.780. The summed E-state index contributed by atoms with van der Waals surface area (Å²) in [6.45, 7) is 8.69. The Bertz CT molecular complexity index is 584. The summed E-state index contributed by atoms with van der Waals surface area (Å²) in [4.78, 5) is 12.4. The number of fused-ring (bicyclic) bond motifs is 5. The number of carbonyl (C=O) groups excluding carboxylic acids is 1. The Labute approximate surface area is 159 Å². The maximum atomic E-state index is 12.4. The van der Waals surface area contributed by atoms with Crippen molar-refractivity contribution < 1.29 is 14.6 Å².